The predicted molar refractivity (Wildman–Crippen MR) is 110 cm³/mol. The molecule has 0 spiro atoms. The number of nitrogens with zero attached hydrogens (tertiary/aromatic N) is 5. The Bertz CT molecular complexity index is 808. The average molecular weight is 388 g/mol. The van der Waals surface area contributed by atoms with Gasteiger partial charge in [-0.2, -0.15) is 0 Å². The topological polar surface area (TPSA) is 44.7 Å². The molecule has 2 aliphatic heterocycles. The SMILES string of the molecule is CCN1CCN(c2nc(CN3CCOCC3)nc3sc4c(c23)CCC4)CC1. The van der Waals surface area contributed by atoms with Gasteiger partial charge in [0.1, 0.15) is 16.5 Å². The second kappa shape index (κ2) is 7.62. The van der Waals surface area contributed by atoms with Crippen molar-refractivity contribution < 1.29 is 4.74 Å². The molecule has 0 N–H and O–H groups in total. The molecule has 2 aromatic heterocycles. The summed E-state index contributed by atoms with van der Waals surface area (Å²) in [5.74, 6) is 2.19. The molecule has 3 aliphatic rings. The quantitative estimate of drug-likeness (QED) is 0.801. The van der Waals surface area contributed by atoms with Crippen LogP contribution in [0.5, 0.6) is 0 Å². The van der Waals surface area contributed by atoms with Crippen LogP contribution in [0.4, 0.5) is 5.82 Å². The third kappa shape index (κ3) is 3.46. The van der Waals surface area contributed by atoms with Crippen molar-refractivity contribution in [3.63, 3.8) is 0 Å². The second-order valence-corrected chi connectivity index (χ2v) is 8.89. The Morgan fingerprint density at radius 2 is 1.78 bits per heavy atom. The molecule has 0 saturated carbocycles. The van der Waals surface area contributed by atoms with Gasteiger partial charge in [-0.15, -0.1) is 11.3 Å². The van der Waals surface area contributed by atoms with E-state index in [9.17, 15) is 0 Å². The molecule has 0 bridgehead atoms. The van der Waals surface area contributed by atoms with E-state index in [4.69, 9.17) is 14.7 Å². The molecule has 2 fully saturated rings. The van der Waals surface area contributed by atoms with Crippen LogP contribution in [0.15, 0.2) is 0 Å². The summed E-state index contributed by atoms with van der Waals surface area (Å²) in [6.07, 6.45) is 3.71. The summed E-state index contributed by atoms with van der Waals surface area (Å²) in [6, 6.07) is 0. The van der Waals surface area contributed by atoms with Crippen LogP contribution in [0.1, 0.15) is 29.6 Å². The Labute approximate surface area is 165 Å². The van der Waals surface area contributed by atoms with E-state index in [1.807, 2.05) is 11.3 Å². The lowest BCUT2D eigenvalue weighted by molar-refractivity contribution is 0.0331. The number of hydrogen-bond donors (Lipinski definition) is 0. The van der Waals surface area contributed by atoms with E-state index in [1.54, 1.807) is 10.4 Å². The van der Waals surface area contributed by atoms with Gasteiger partial charge in [0.15, 0.2) is 0 Å². The minimum atomic E-state index is 0.821. The van der Waals surface area contributed by atoms with Crippen LogP contribution in [-0.4, -0.2) is 78.8 Å². The zero-order valence-electron chi connectivity index (χ0n) is 16.2. The molecule has 0 unspecified atom stereocenters. The molecule has 27 heavy (non-hydrogen) atoms. The van der Waals surface area contributed by atoms with Crippen LogP contribution in [-0.2, 0) is 24.1 Å². The van der Waals surface area contributed by atoms with Crippen LogP contribution in [0.25, 0.3) is 10.2 Å². The van der Waals surface area contributed by atoms with Gasteiger partial charge in [0.25, 0.3) is 0 Å². The Hall–Kier alpha value is -1.28. The van der Waals surface area contributed by atoms with Crippen LogP contribution in [0, 0.1) is 0 Å². The number of likely N-dealkylation sites (N-methyl/N-ethyl adjacent to an activating group) is 1. The molecule has 0 radical (unpaired) electrons. The molecule has 5 rings (SSSR count). The van der Waals surface area contributed by atoms with E-state index < -0.39 is 0 Å². The maximum absolute atomic E-state index is 5.50. The average Bonchev–Trinajstić information content (AvgIpc) is 3.29. The Kier molecular flexibility index (Phi) is 5.02. The van der Waals surface area contributed by atoms with Crippen LogP contribution < -0.4 is 4.90 Å². The second-order valence-electron chi connectivity index (χ2n) is 7.81. The molecule has 0 amide bonds. The lowest BCUT2D eigenvalue weighted by atomic mass is 10.1. The smallest absolute Gasteiger partial charge is 0.146 e. The highest BCUT2D eigenvalue weighted by Gasteiger charge is 2.27. The molecular weight excluding hydrogens is 358 g/mol. The van der Waals surface area contributed by atoms with E-state index in [-0.39, 0.29) is 0 Å². The van der Waals surface area contributed by atoms with E-state index >= 15 is 0 Å². The van der Waals surface area contributed by atoms with E-state index in [0.717, 1.165) is 71.4 Å². The number of rotatable bonds is 4. The first-order valence-electron chi connectivity index (χ1n) is 10.4. The van der Waals surface area contributed by atoms with Crippen LogP contribution in [0.3, 0.4) is 0 Å². The van der Waals surface area contributed by atoms with Crippen LogP contribution >= 0.6 is 11.3 Å². The minimum Gasteiger partial charge on any atom is -0.379 e. The van der Waals surface area contributed by atoms with Gasteiger partial charge < -0.3 is 14.5 Å². The number of hydrogen-bond acceptors (Lipinski definition) is 7. The molecule has 1 aliphatic carbocycles. The summed E-state index contributed by atoms with van der Waals surface area (Å²) in [4.78, 5) is 20.4. The first kappa shape index (κ1) is 17.8. The normalized spacial score (nSPS) is 21.9. The van der Waals surface area contributed by atoms with Gasteiger partial charge >= 0.3 is 0 Å². The van der Waals surface area contributed by atoms with Crippen molar-refractivity contribution in [3.05, 3.63) is 16.3 Å². The monoisotopic (exact) mass is 387 g/mol. The predicted octanol–water partition coefficient (Wildman–Crippen LogP) is 2.15. The van der Waals surface area contributed by atoms with Gasteiger partial charge in [-0.1, -0.05) is 6.92 Å². The van der Waals surface area contributed by atoms with Crippen molar-refractivity contribution in [1.82, 2.24) is 19.8 Å². The summed E-state index contributed by atoms with van der Waals surface area (Å²) < 4.78 is 5.50. The standard InChI is InChI=1S/C20H29N5OS/c1-2-23-6-8-25(9-7-23)19-18-15-4-3-5-16(15)27-20(18)22-17(21-19)14-24-10-12-26-13-11-24/h2-14H2,1H3. The number of aromatic nitrogens is 2. The van der Waals surface area contributed by atoms with Crippen molar-refractivity contribution in [3.8, 4) is 0 Å². The summed E-state index contributed by atoms with van der Waals surface area (Å²) in [5, 5.41) is 1.36. The third-order valence-corrected chi connectivity index (χ3v) is 7.37. The fourth-order valence-electron chi connectivity index (χ4n) is 4.55. The molecule has 146 valence electrons. The molecule has 7 heteroatoms. The number of morpholine rings is 1. The van der Waals surface area contributed by atoms with Gasteiger partial charge in [0.2, 0.25) is 0 Å². The lowest BCUT2D eigenvalue weighted by Crippen LogP contribution is -2.46. The Morgan fingerprint density at radius 1 is 0.963 bits per heavy atom. The summed E-state index contributed by atoms with van der Waals surface area (Å²) in [6.45, 7) is 12.2. The Balaban J connectivity index is 1.50. The fourth-order valence-corrected chi connectivity index (χ4v) is 5.83. The number of ether oxygens (including phenoxy) is 1. The van der Waals surface area contributed by atoms with Crippen molar-refractivity contribution in [2.24, 2.45) is 0 Å². The maximum atomic E-state index is 5.50. The van der Waals surface area contributed by atoms with Crippen molar-refractivity contribution in [2.75, 3.05) is 63.9 Å². The highest BCUT2D eigenvalue weighted by atomic mass is 32.1. The highest BCUT2D eigenvalue weighted by molar-refractivity contribution is 7.19. The van der Waals surface area contributed by atoms with E-state index in [0.29, 0.717) is 0 Å². The van der Waals surface area contributed by atoms with Gasteiger partial charge in [-0.3, -0.25) is 4.90 Å². The van der Waals surface area contributed by atoms with E-state index in [1.165, 1.54) is 35.3 Å². The third-order valence-electron chi connectivity index (χ3n) is 6.18. The zero-order chi connectivity index (χ0) is 18.2. The number of piperazine rings is 1. The van der Waals surface area contributed by atoms with E-state index in [2.05, 4.69) is 21.6 Å². The van der Waals surface area contributed by atoms with Gasteiger partial charge in [-0.05, 0) is 31.4 Å². The largest absolute Gasteiger partial charge is 0.379 e. The molecule has 0 atom stereocenters. The first-order chi connectivity index (χ1) is 13.3. The molecule has 2 aromatic rings. The molecule has 2 saturated heterocycles. The number of anilines is 1. The summed E-state index contributed by atoms with van der Waals surface area (Å²) >= 11 is 1.91. The van der Waals surface area contributed by atoms with Crippen molar-refractivity contribution in [1.29, 1.82) is 0 Å². The van der Waals surface area contributed by atoms with Gasteiger partial charge in [0, 0.05) is 44.1 Å². The molecular formula is C20H29N5OS. The number of thiophene rings is 1. The molecule has 6 nitrogen and oxygen atoms in total. The van der Waals surface area contributed by atoms with Gasteiger partial charge in [0.05, 0.1) is 25.1 Å². The van der Waals surface area contributed by atoms with Gasteiger partial charge in [-0.25, -0.2) is 9.97 Å². The first-order valence-corrected chi connectivity index (χ1v) is 11.2. The van der Waals surface area contributed by atoms with Crippen molar-refractivity contribution >= 4 is 27.4 Å². The lowest BCUT2D eigenvalue weighted by Gasteiger charge is -2.35. The van der Waals surface area contributed by atoms with Crippen molar-refractivity contribution in [2.45, 2.75) is 32.7 Å². The summed E-state index contributed by atoms with van der Waals surface area (Å²) in [7, 11) is 0. The zero-order valence-corrected chi connectivity index (χ0v) is 17.1. The Morgan fingerprint density at radius 3 is 2.56 bits per heavy atom. The molecule has 4 heterocycles. The fraction of sp³-hybridized carbons (Fsp3) is 0.700. The molecule has 0 aromatic carbocycles. The maximum Gasteiger partial charge on any atom is 0.146 e. The highest BCUT2D eigenvalue weighted by Crippen LogP contribution is 2.40. The number of fused-ring (bicyclic) bond motifs is 3. The summed E-state index contributed by atoms with van der Waals surface area (Å²) in [5.41, 5.74) is 1.54. The minimum absolute atomic E-state index is 0.821. The van der Waals surface area contributed by atoms with Crippen LogP contribution in [0.2, 0.25) is 0 Å². The number of aryl methyl sites for hydroxylation is 2.